The van der Waals surface area contributed by atoms with Crippen LogP contribution in [0.4, 0.5) is 5.69 Å². The second-order valence-corrected chi connectivity index (χ2v) is 8.94. The highest BCUT2D eigenvalue weighted by molar-refractivity contribution is 9.10. The van der Waals surface area contributed by atoms with Gasteiger partial charge in [-0.25, -0.2) is 13.1 Å². The lowest BCUT2D eigenvalue weighted by Gasteiger charge is -2.20. The second kappa shape index (κ2) is 7.04. The highest BCUT2D eigenvalue weighted by Crippen LogP contribution is 2.18. The lowest BCUT2D eigenvalue weighted by Crippen LogP contribution is -2.40. The number of halogens is 1. The average Bonchev–Trinajstić information content (AvgIpc) is 2.45. The van der Waals surface area contributed by atoms with Gasteiger partial charge in [0, 0.05) is 21.3 Å². The molecule has 2 N–H and O–H groups in total. The van der Waals surface area contributed by atoms with Crippen molar-refractivity contribution in [2.45, 2.75) is 31.2 Å². The average molecular weight is 411 g/mol. The smallest absolute Gasteiger partial charge is 0.255 e. The molecule has 0 heterocycles. The molecule has 2 aromatic carbocycles. The molecule has 0 saturated carbocycles. The SMILES string of the molecule is CC(C)(C)NS(=O)(=O)c1ccc(C(=O)Nc2cccc(Br)c2)cc1. The lowest BCUT2D eigenvalue weighted by atomic mass is 10.1. The minimum Gasteiger partial charge on any atom is -0.322 e. The van der Waals surface area contributed by atoms with Gasteiger partial charge in [0.05, 0.1) is 4.90 Å². The molecule has 0 saturated heterocycles. The first kappa shape index (κ1) is 18.6. The zero-order chi connectivity index (χ0) is 18.0. The molecule has 7 heteroatoms. The van der Waals surface area contributed by atoms with Crippen molar-refractivity contribution in [3.8, 4) is 0 Å². The van der Waals surface area contributed by atoms with Crippen LogP contribution in [0, 0.1) is 0 Å². The molecule has 0 spiro atoms. The van der Waals surface area contributed by atoms with E-state index in [-0.39, 0.29) is 10.8 Å². The molecule has 2 aromatic rings. The van der Waals surface area contributed by atoms with Crippen LogP contribution in [-0.4, -0.2) is 19.9 Å². The molecule has 128 valence electrons. The summed E-state index contributed by atoms with van der Waals surface area (Å²) >= 11 is 3.34. The van der Waals surface area contributed by atoms with Gasteiger partial charge in [0.2, 0.25) is 10.0 Å². The van der Waals surface area contributed by atoms with Gasteiger partial charge in [-0.2, -0.15) is 0 Å². The Morgan fingerprint density at radius 3 is 2.21 bits per heavy atom. The molecule has 0 aliphatic rings. The predicted octanol–water partition coefficient (Wildman–Crippen LogP) is 3.78. The summed E-state index contributed by atoms with van der Waals surface area (Å²) in [5, 5.41) is 2.76. The third-order valence-corrected chi connectivity index (χ3v) is 5.22. The maximum Gasteiger partial charge on any atom is 0.255 e. The van der Waals surface area contributed by atoms with Crippen molar-refractivity contribution in [2.75, 3.05) is 5.32 Å². The first-order valence-corrected chi connectivity index (χ1v) is 9.55. The fraction of sp³-hybridized carbons (Fsp3) is 0.235. The molecule has 2 rings (SSSR count). The summed E-state index contributed by atoms with van der Waals surface area (Å²) in [6, 6.07) is 13.0. The maximum absolute atomic E-state index is 12.2. The number of amides is 1. The minimum absolute atomic E-state index is 0.122. The van der Waals surface area contributed by atoms with Gasteiger partial charge >= 0.3 is 0 Å². The van der Waals surface area contributed by atoms with E-state index >= 15 is 0 Å². The monoisotopic (exact) mass is 410 g/mol. The summed E-state index contributed by atoms with van der Waals surface area (Å²) in [6.07, 6.45) is 0. The summed E-state index contributed by atoms with van der Waals surface area (Å²) in [7, 11) is -3.61. The van der Waals surface area contributed by atoms with Gasteiger partial charge < -0.3 is 5.32 Å². The fourth-order valence-electron chi connectivity index (χ4n) is 2.02. The molecule has 1 amide bonds. The third kappa shape index (κ3) is 5.15. The Bertz CT molecular complexity index is 841. The van der Waals surface area contributed by atoms with Gasteiger partial charge in [-0.05, 0) is 63.2 Å². The van der Waals surface area contributed by atoms with Crippen LogP contribution >= 0.6 is 15.9 Å². The summed E-state index contributed by atoms with van der Waals surface area (Å²) < 4.78 is 27.9. The largest absolute Gasteiger partial charge is 0.322 e. The van der Waals surface area contributed by atoms with Crippen molar-refractivity contribution >= 4 is 37.5 Å². The highest BCUT2D eigenvalue weighted by Gasteiger charge is 2.22. The minimum atomic E-state index is -3.61. The number of sulfonamides is 1. The Morgan fingerprint density at radius 1 is 1.04 bits per heavy atom. The maximum atomic E-state index is 12.2. The molecule has 0 radical (unpaired) electrons. The van der Waals surface area contributed by atoms with E-state index in [1.54, 1.807) is 32.9 Å². The number of rotatable bonds is 4. The number of carbonyl (C=O) groups is 1. The van der Waals surface area contributed by atoms with E-state index in [0.717, 1.165) is 4.47 Å². The molecule has 5 nitrogen and oxygen atoms in total. The third-order valence-electron chi connectivity index (χ3n) is 2.95. The standard InChI is InChI=1S/C17H19BrN2O3S/c1-17(2,3)20-24(22,23)15-9-7-12(8-10-15)16(21)19-14-6-4-5-13(18)11-14/h4-11,20H,1-3H3,(H,19,21). The normalized spacial score (nSPS) is 12.0. The topological polar surface area (TPSA) is 75.3 Å². The van der Waals surface area contributed by atoms with Crippen LogP contribution in [0.3, 0.4) is 0 Å². The number of carbonyl (C=O) groups excluding carboxylic acids is 1. The van der Waals surface area contributed by atoms with Gasteiger partial charge in [-0.3, -0.25) is 4.79 Å². The number of hydrogen-bond donors (Lipinski definition) is 2. The first-order valence-electron chi connectivity index (χ1n) is 7.28. The van der Waals surface area contributed by atoms with E-state index < -0.39 is 15.6 Å². The van der Waals surface area contributed by atoms with E-state index in [1.165, 1.54) is 24.3 Å². The van der Waals surface area contributed by atoms with E-state index in [4.69, 9.17) is 0 Å². The zero-order valence-corrected chi connectivity index (χ0v) is 16.0. The molecule has 0 fully saturated rings. The zero-order valence-electron chi connectivity index (χ0n) is 13.6. The Hall–Kier alpha value is -1.70. The van der Waals surface area contributed by atoms with E-state index in [2.05, 4.69) is 26.0 Å². The van der Waals surface area contributed by atoms with Crippen molar-refractivity contribution in [2.24, 2.45) is 0 Å². The molecule has 0 unspecified atom stereocenters. The number of benzene rings is 2. The molecular weight excluding hydrogens is 392 g/mol. The summed E-state index contributed by atoms with van der Waals surface area (Å²) in [6.45, 7) is 5.30. The fourth-order valence-corrected chi connectivity index (χ4v) is 3.83. The number of hydrogen-bond acceptors (Lipinski definition) is 3. The highest BCUT2D eigenvalue weighted by atomic mass is 79.9. The van der Waals surface area contributed by atoms with Crippen LogP contribution in [0.5, 0.6) is 0 Å². The van der Waals surface area contributed by atoms with Crippen LogP contribution in [-0.2, 0) is 10.0 Å². The molecule has 0 atom stereocenters. The van der Waals surface area contributed by atoms with Gasteiger partial charge in [0.25, 0.3) is 5.91 Å². The lowest BCUT2D eigenvalue weighted by molar-refractivity contribution is 0.102. The van der Waals surface area contributed by atoms with Crippen molar-refractivity contribution < 1.29 is 13.2 Å². The van der Waals surface area contributed by atoms with E-state index in [9.17, 15) is 13.2 Å². The van der Waals surface area contributed by atoms with Gasteiger partial charge in [-0.1, -0.05) is 22.0 Å². The van der Waals surface area contributed by atoms with Gasteiger partial charge in [0.15, 0.2) is 0 Å². The molecule has 0 aromatic heterocycles. The van der Waals surface area contributed by atoms with Crippen molar-refractivity contribution in [3.05, 3.63) is 58.6 Å². The van der Waals surface area contributed by atoms with Crippen molar-refractivity contribution in [1.82, 2.24) is 4.72 Å². The molecular formula is C17H19BrN2O3S. The quantitative estimate of drug-likeness (QED) is 0.804. The van der Waals surface area contributed by atoms with Crippen LogP contribution in [0.25, 0.3) is 0 Å². The Balaban J connectivity index is 2.16. The predicted molar refractivity (Wildman–Crippen MR) is 98.6 cm³/mol. The van der Waals surface area contributed by atoms with Crippen LogP contribution in [0.2, 0.25) is 0 Å². The van der Waals surface area contributed by atoms with Gasteiger partial charge in [0.1, 0.15) is 0 Å². The molecule has 0 bridgehead atoms. The Labute approximate surface area is 150 Å². The molecule has 0 aliphatic carbocycles. The summed E-state index contributed by atoms with van der Waals surface area (Å²) in [5.74, 6) is -0.305. The summed E-state index contributed by atoms with van der Waals surface area (Å²) in [4.78, 5) is 12.3. The van der Waals surface area contributed by atoms with Crippen molar-refractivity contribution in [3.63, 3.8) is 0 Å². The second-order valence-electron chi connectivity index (χ2n) is 6.34. The number of nitrogens with one attached hydrogen (secondary N) is 2. The number of anilines is 1. The molecule has 24 heavy (non-hydrogen) atoms. The Morgan fingerprint density at radius 2 is 1.67 bits per heavy atom. The van der Waals surface area contributed by atoms with Crippen LogP contribution in [0.15, 0.2) is 57.9 Å². The Kier molecular flexibility index (Phi) is 5.47. The van der Waals surface area contributed by atoms with Gasteiger partial charge in [-0.15, -0.1) is 0 Å². The van der Waals surface area contributed by atoms with Crippen LogP contribution < -0.4 is 10.0 Å². The van der Waals surface area contributed by atoms with E-state index in [0.29, 0.717) is 11.3 Å². The summed E-state index contributed by atoms with van der Waals surface area (Å²) in [5.41, 5.74) is 0.459. The van der Waals surface area contributed by atoms with E-state index in [1.807, 2.05) is 12.1 Å². The van der Waals surface area contributed by atoms with Crippen molar-refractivity contribution in [1.29, 1.82) is 0 Å². The van der Waals surface area contributed by atoms with Crippen LogP contribution in [0.1, 0.15) is 31.1 Å². The first-order chi connectivity index (χ1) is 11.1. The molecule has 0 aliphatic heterocycles.